The van der Waals surface area contributed by atoms with Gasteiger partial charge in [-0.3, -0.25) is 0 Å². The molecule has 0 radical (unpaired) electrons. The second kappa shape index (κ2) is 7.10. The molecule has 0 aliphatic carbocycles. The molecule has 6 nitrogen and oxygen atoms in total. The number of benzene rings is 2. The van der Waals surface area contributed by atoms with E-state index in [0.29, 0.717) is 23.3 Å². The molecule has 1 aliphatic heterocycles. The number of piperidine rings is 1. The highest BCUT2D eigenvalue weighted by Crippen LogP contribution is 2.31. The van der Waals surface area contributed by atoms with E-state index in [2.05, 4.69) is 33.0 Å². The average Bonchev–Trinajstić information content (AvgIpc) is 3.43. The molecule has 144 valence electrons. The van der Waals surface area contributed by atoms with E-state index >= 15 is 0 Å². The summed E-state index contributed by atoms with van der Waals surface area (Å²) in [6.07, 6.45) is 5.47. The zero-order valence-corrected chi connectivity index (χ0v) is 16.2. The van der Waals surface area contributed by atoms with Crippen LogP contribution in [0, 0.1) is 11.3 Å². The number of anilines is 1. The summed E-state index contributed by atoms with van der Waals surface area (Å²) in [4.78, 5) is 10.1. The molecule has 4 aromatic rings. The first kappa shape index (κ1) is 17.5. The van der Waals surface area contributed by atoms with Gasteiger partial charge in [-0.1, -0.05) is 5.16 Å². The molecule has 2 aromatic carbocycles. The van der Waals surface area contributed by atoms with Crippen LogP contribution in [-0.2, 0) is 0 Å². The Morgan fingerprint density at radius 3 is 2.90 bits per heavy atom. The Morgan fingerprint density at radius 2 is 2.03 bits per heavy atom. The first-order valence-electron chi connectivity index (χ1n) is 9.95. The van der Waals surface area contributed by atoms with Crippen molar-refractivity contribution in [3.8, 4) is 28.9 Å². The van der Waals surface area contributed by atoms with E-state index in [0.717, 1.165) is 47.1 Å². The number of nitrogens with one attached hydrogen (secondary N) is 1. The Morgan fingerprint density at radius 1 is 1.14 bits per heavy atom. The fourth-order valence-electron chi connectivity index (χ4n) is 4.12. The van der Waals surface area contributed by atoms with Gasteiger partial charge in [-0.2, -0.15) is 10.2 Å². The fraction of sp³-hybridized carbons (Fsp3) is 0.261. The lowest BCUT2D eigenvalue weighted by Gasteiger charge is -2.36. The first-order valence-corrected chi connectivity index (χ1v) is 9.95. The minimum absolute atomic E-state index is 0.420. The van der Waals surface area contributed by atoms with Gasteiger partial charge in [0, 0.05) is 40.8 Å². The maximum absolute atomic E-state index is 9.72. The number of hydrogen-bond donors (Lipinski definition) is 1. The van der Waals surface area contributed by atoms with Gasteiger partial charge in [-0.15, -0.1) is 0 Å². The van der Waals surface area contributed by atoms with Crippen molar-refractivity contribution < 1.29 is 4.52 Å². The van der Waals surface area contributed by atoms with Crippen LogP contribution in [-0.4, -0.2) is 27.7 Å². The Labute approximate surface area is 168 Å². The quantitative estimate of drug-likeness (QED) is 0.530. The van der Waals surface area contributed by atoms with Gasteiger partial charge in [0.15, 0.2) is 0 Å². The number of aromatic nitrogens is 3. The summed E-state index contributed by atoms with van der Waals surface area (Å²) in [6, 6.07) is 16.6. The van der Waals surface area contributed by atoms with Crippen molar-refractivity contribution in [2.45, 2.75) is 32.2 Å². The summed E-state index contributed by atoms with van der Waals surface area (Å²) in [5, 5.41) is 15.0. The first-order chi connectivity index (χ1) is 14.2. The van der Waals surface area contributed by atoms with Crippen LogP contribution in [0.2, 0.25) is 0 Å². The number of fused-ring (bicyclic) bond motifs is 1. The summed E-state index contributed by atoms with van der Waals surface area (Å²) >= 11 is 0. The van der Waals surface area contributed by atoms with Crippen molar-refractivity contribution in [1.82, 2.24) is 15.1 Å². The molecule has 0 amide bonds. The topological polar surface area (TPSA) is 81.7 Å². The van der Waals surface area contributed by atoms with Gasteiger partial charge in [0.2, 0.25) is 5.82 Å². The molecule has 0 unspecified atom stereocenters. The van der Waals surface area contributed by atoms with Crippen molar-refractivity contribution in [2.24, 2.45) is 0 Å². The van der Waals surface area contributed by atoms with E-state index < -0.39 is 0 Å². The molecule has 0 saturated carbocycles. The average molecular weight is 383 g/mol. The third-order valence-electron chi connectivity index (χ3n) is 5.71. The van der Waals surface area contributed by atoms with Gasteiger partial charge < -0.3 is 14.4 Å². The van der Waals surface area contributed by atoms with E-state index in [1.807, 2.05) is 48.7 Å². The van der Waals surface area contributed by atoms with Gasteiger partial charge in [-0.05, 0) is 68.7 Å². The molecule has 2 aromatic heterocycles. The molecule has 0 bridgehead atoms. The van der Waals surface area contributed by atoms with Crippen LogP contribution in [0.5, 0.6) is 0 Å². The molecule has 3 heterocycles. The van der Waals surface area contributed by atoms with Crippen LogP contribution < -0.4 is 4.90 Å². The van der Waals surface area contributed by atoms with Gasteiger partial charge in [-0.25, -0.2) is 0 Å². The molecule has 29 heavy (non-hydrogen) atoms. The van der Waals surface area contributed by atoms with Crippen molar-refractivity contribution in [3.05, 3.63) is 54.2 Å². The van der Waals surface area contributed by atoms with Gasteiger partial charge in [0.25, 0.3) is 5.89 Å². The molecule has 1 saturated heterocycles. The Bertz CT molecular complexity index is 1220. The summed E-state index contributed by atoms with van der Waals surface area (Å²) in [7, 11) is 0. The minimum Gasteiger partial charge on any atom is -0.368 e. The predicted molar refractivity (Wildman–Crippen MR) is 112 cm³/mol. The molecular weight excluding hydrogens is 362 g/mol. The van der Waals surface area contributed by atoms with Gasteiger partial charge >= 0.3 is 0 Å². The van der Waals surface area contributed by atoms with Crippen LogP contribution >= 0.6 is 0 Å². The Balaban J connectivity index is 1.47. The molecule has 1 fully saturated rings. The lowest BCUT2D eigenvalue weighted by atomic mass is 10.0. The lowest BCUT2D eigenvalue weighted by Crippen LogP contribution is -2.37. The van der Waals surface area contributed by atoms with Crippen molar-refractivity contribution in [2.75, 3.05) is 11.4 Å². The fourth-order valence-corrected chi connectivity index (χ4v) is 4.12. The van der Waals surface area contributed by atoms with Gasteiger partial charge in [0.05, 0.1) is 11.3 Å². The Kier molecular flexibility index (Phi) is 4.28. The van der Waals surface area contributed by atoms with E-state index in [4.69, 9.17) is 4.52 Å². The Hall–Kier alpha value is -3.59. The highest BCUT2D eigenvalue weighted by atomic mass is 16.5. The third-order valence-corrected chi connectivity index (χ3v) is 5.71. The molecule has 6 heteroatoms. The SMILES string of the molecule is C[C@@H]1CCCCN1c1ccc(-c2nc(-c3ccc4[nH]ccc4c3)no2)cc1C#N. The van der Waals surface area contributed by atoms with E-state index in [1.165, 1.54) is 6.42 Å². The monoisotopic (exact) mass is 383 g/mol. The van der Waals surface area contributed by atoms with E-state index in [1.54, 1.807) is 0 Å². The number of hydrogen-bond acceptors (Lipinski definition) is 5. The van der Waals surface area contributed by atoms with Crippen molar-refractivity contribution >= 4 is 16.6 Å². The zero-order valence-electron chi connectivity index (χ0n) is 16.2. The lowest BCUT2D eigenvalue weighted by molar-refractivity contribution is 0.432. The molecule has 5 rings (SSSR count). The van der Waals surface area contributed by atoms with Crippen molar-refractivity contribution in [3.63, 3.8) is 0 Å². The molecule has 1 atom stereocenters. The number of aromatic amines is 1. The number of nitrogens with zero attached hydrogens (tertiary/aromatic N) is 4. The molecular formula is C23H21N5O. The summed E-state index contributed by atoms with van der Waals surface area (Å²) in [5.41, 5.74) is 4.35. The van der Waals surface area contributed by atoms with Crippen LogP contribution in [0.25, 0.3) is 33.7 Å². The smallest absolute Gasteiger partial charge is 0.258 e. The van der Waals surface area contributed by atoms with E-state index in [-0.39, 0.29) is 0 Å². The normalized spacial score (nSPS) is 16.8. The summed E-state index contributed by atoms with van der Waals surface area (Å²) < 4.78 is 5.51. The highest BCUT2D eigenvalue weighted by Gasteiger charge is 2.22. The molecule has 1 N–H and O–H groups in total. The standard InChI is InChI=1S/C23H21N5O/c1-15-4-2-3-11-28(15)21-8-6-18(13-19(21)14-24)23-26-22(27-29-23)17-5-7-20-16(12-17)9-10-25-20/h5-10,12-13,15,25H,2-4,11H2,1H3/t15-/m1/s1. The minimum atomic E-state index is 0.420. The summed E-state index contributed by atoms with van der Waals surface area (Å²) in [6.45, 7) is 3.21. The number of rotatable bonds is 3. The number of nitriles is 1. The number of H-pyrrole nitrogens is 1. The van der Waals surface area contributed by atoms with Gasteiger partial charge in [0.1, 0.15) is 6.07 Å². The molecule has 0 spiro atoms. The predicted octanol–water partition coefficient (Wildman–Crippen LogP) is 5.14. The second-order valence-corrected chi connectivity index (χ2v) is 7.58. The van der Waals surface area contributed by atoms with Crippen LogP contribution in [0.15, 0.2) is 53.2 Å². The largest absolute Gasteiger partial charge is 0.368 e. The van der Waals surface area contributed by atoms with Crippen LogP contribution in [0.3, 0.4) is 0 Å². The van der Waals surface area contributed by atoms with Crippen molar-refractivity contribution in [1.29, 1.82) is 5.26 Å². The summed E-state index contributed by atoms with van der Waals surface area (Å²) in [5.74, 6) is 0.958. The maximum atomic E-state index is 9.72. The third kappa shape index (κ3) is 3.15. The zero-order chi connectivity index (χ0) is 19.8. The second-order valence-electron chi connectivity index (χ2n) is 7.58. The van der Waals surface area contributed by atoms with E-state index in [9.17, 15) is 5.26 Å². The highest BCUT2D eigenvalue weighted by molar-refractivity contribution is 5.84. The molecule has 1 aliphatic rings. The maximum Gasteiger partial charge on any atom is 0.258 e. The van der Waals surface area contributed by atoms with Crippen LogP contribution in [0.1, 0.15) is 31.7 Å². The van der Waals surface area contributed by atoms with Crippen LogP contribution in [0.4, 0.5) is 5.69 Å².